The van der Waals surface area contributed by atoms with Crippen molar-refractivity contribution >= 4 is 5.97 Å². The van der Waals surface area contributed by atoms with Crippen LogP contribution in [0, 0.1) is 0 Å². The zero-order chi connectivity index (χ0) is 16.8. The molecule has 0 atom stereocenters. The van der Waals surface area contributed by atoms with Crippen LogP contribution in [-0.4, -0.2) is 85.7 Å². The van der Waals surface area contributed by atoms with Gasteiger partial charge in [-0.25, -0.2) is 17.6 Å². The maximum absolute atomic E-state index is 12.6. The van der Waals surface area contributed by atoms with E-state index in [9.17, 15) is 22.4 Å². The number of esters is 1. The van der Waals surface area contributed by atoms with Gasteiger partial charge in [0.15, 0.2) is 0 Å². The fourth-order valence-electron chi connectivity index (χ4n) is 2.33. The van der Waals surface area contributed by atoms with Gasteiger partial charge in [0.25, 0.3) is 11.8 Å². The van der Waals surface area contributed by atoms with Crippen molar-refractivity contribution in [3.05, 3.63) is 0 Å². The molecule has 2 fully saturated rings. The van der Waals surface area contributed by atoms with Gasteiger partial charge in [-0.1, -0.05) is 0 Å². The summed E-state index contributed by atoms with van der Waals surface area (Å²) in [4.78, 5) is 13.6. The molecule has 0 saturated carbocycles. The highest BCUT2D eigenvalue weighted by Crippen LogP contribution is 2.26. The second-order valence-corrected chi connectivity index (χ2v) is 5.50. The molecular weight excluding hydrogens is 308 g/mol. The van der Waals surface area contributed by atoms with Crippen LogP contribution in [0.5, 0.6) is 0 Å². The van der Waals surface area contributed by atoms with E-state index in [4.69, 9.17) is 5.11 Å². The number of ether oxygens (including phenoxy) is 1. The minimum atomic E-state index is -2.63. The van der Waals surface area contributed by atoms with Crippen LogP contribution in [0.4, 0.5) is 17.6 Å². The molecule has 2 aliphatic heterocycles. The molecular formula is C13H22F4N2O3. The highest BCUT2D eigenvalue weighted by molar-refractivity contribution is 5.71. The minimum Gasteiger partial charge on any atom is -0.468 e. The highest BCUT2D eigenvalue weighted by Gasteiger charge is 2.39. The van der Waals surface area contributed by atoms with E-state index in [2.05, 4.69) is 4.74 Å². The predicted molar refractivity (Wildman–Crippen MR) is 71.1 cm³/mol. The maximum Gasteiger partial charge on any atom is 0.319 e. The number of β-amino-alcohol motifs (C(OH)–C–C–N with tert-alkyl or cyclic N) is 1. The van der Waals surface area contributed by atoms with Crippen molar-refractivity contribution in [3.8, 4) is 0 Å². The lowest BCUT2D eigenvalue weighted by Crippen LogP contribution is -2.30. The number of likely N-dealkylation sites (tertiary alicyclic amines) is 2. The zero-order valence-electron chi connectivity index (χ0n) is 12.5. The smallest absolute Gasteiger partial charge is 0.319 e. The topological polar surface area (TPSA) is 53.0 Å². The summed E-state index contributed by atoms with van der Waals surface area (Å²) in [6.45, 7) is 0.461. The van der Waals surface area contributed by atoms with Crippen LogP contribution in [-0.2, 0) is 9.53 Å². The van der Waals surface area contributed by atoms with Gasteiger partial charge in [0.2, 0.25) is 0 Å². The van der Waals surface area contributed by atoms with E-state index in [-0.39, 0.29) is 45.6 Å². The highest BCUT2D eigenvalue weighted by atomic mass is 19.3. The van der Waals surface area contributed by atoms with Crippen molar-refractivity contribution in [3.63, 3.8) is 0 Å². The molecule has 0 unspecified atom stereocenters. The summed E-state index contributed by atoms with van der Waals surface area (Å²) < 4.78 is 54.3. The molecule has 2 heterocycles. The van der Waals surface area contributed by atoms with E-state index in [1.807, 2.05) is 0 Å². The van der Waals surface area contributed by atoms with Crippen molar-refractivity contribution in [2.75, 3.05) is 53.0 Å². The first kappa shape index (κ1) is 19.1. The number of aliphatic hydroxyl groups is 1. The molecule has 0 aliphatic carbocycles. The second-order valence-electron chi connectivity index (χ2n) is 5.50. The van der Waals surface area contributed by atoms with Crippen molar-refractivity contribution in [2.45, 2.75) is 24.7 Å². The normalized spacial score (nSPS) is 23.9. The van der Waals surface area contributed by atoms with Crippen LogP contribution >= 0.6 is 0 Å². The number of hydrogen-bond donors (Lipinski definition) is 1. The number of halogens is 4. The fourth-order valence-corrected chi connectivity index (χ4v) is 2.33. The Kier molecular flexibility index (Phi) is 7.01. The third kappa shape index (κ3) is 6.89. The molecule has 130 valence electrons. The van der Waals surface area contributed by atoms with E-state index in [0.29, 0.717) is 13.1 Å². The lowest BCUT2D eigenvalue weighted by Gasteiger charge is -2.12. The van der Waals surface area contributed by atoms with Gasteiger partial charge in [-0.2, -0.15) is 0 Å². The van der Waals surface area contributed by atoms with Gasteiger partial charge in [0.1, 0.15) is 0 Å². The first-order valence-electron chi connectivity index (χ1n) is 7.05. The number of carbonyl (C=O) groups excluding carboxylic acids is 1. The van der Waals surface area contributed by atoms with Gasteiger partial charge in [-0.05, 0) is 0 Å². The predicted octanol–water partition coefficient (Wildman–Crippen LogP) is 0.820. The standard InChI is InChI=1S/C7H11F2NO2.C6H11F2NO/c1-12-6(11)4-10-3-2-7(8,9)5-10;7-6(8)1-2-9(5-6)3-4-10/h2-5H2,1H3;10H,1-5H2. The number of alkyl halides is 4. The molecule has 5 nitrogen and oxygen atoms in total. The Bertz CT molecular complexity index is 369. The third-order valence-corrected chi connectivity index (χ3v) is 3.49. The number of aliphatic hydroxyl groups excluding tert-OH is 1. The summed E-state index contributed by atoms with van der Waals surface area (Å²) in [7, 11) is 1.25. The number of hydrogen-bond acceptors (Lipinski definition) is 5. The van der Waals surface area contributed by atoms with Gasteiger partial charge < -0.3 is 9.84 Å². The molecule has 2 saturated heterocycles. The molecule has 0 aromatic carbocycles. The summed E-state index contributed by atoms with van der Waals surface area (Å²) in [5.41, 5.74) is 0. The molecule has 0 aromatic rings. The summed E-state index contributed by atoms with van der Waals surface area (Å²) in [5, 5.41) is 8.41. The van der Waals surface area contributed by atoms with E-state index in [1.54, 1.807) is 4.90 Å². The van der Waals surface area contributed by atoms with Crippen molar-refractivity contribution in [1.82, 2.24) is 9.80 Å². The van der Waals surface area contributed by atoms with Crippen LogP contribution in [0.1, 0.15) is 12.8 Å². The lowest BCUT2D eigenvalue weighted by molar-refractivity contribution is -0.141. The maximum atomic E-state index is 12.6. The molecule has 0 spiro atoms. The molecule has 0 bridgehead atoms. The minimum absolute atomic E-state index is 0.0317. The summed E-state index contributed by atoms with van der Waals surface area (Å²) in [5.74, 6) is -5.61. The Labute approximate surface area is 126 Å². The van der Waals surface area contributed by atoms with E-state index >= 15 is 0 Å². The first-order chi connectivity index (χ1) is 10.2. The lowest BCUT2D eigenvalue weighted by atomic mass is 10.3. The van der Waals surface area contributed by atoms with Crippen LogP contribution in [0.25, 0.3) is 0 Å². The first-order valence-corrected chi connectivity index (χ1v) is 7.05. The van der Waals surface area contributed by atoms with E-state index in [0.717, 1.165) is 0 Å². The monoisotopic (exact) mass is 330 g/mol. The van der Waals surface area contributed by atoms with Gasteiger partial charge >= 0.3 is 5.97 Å². The van der Waals surface area contributed by atoms with Gasteiger partial charge in [0, 0.05) is 32.5 Å². The molecule has 0 radical (unpaired) electrons. The Balaban J connectivity index is 0.000000224. The molecule has 0 aromatic heterocycles. The van der Waals surface area contributed by atoms with Crippen LogP contribution in [0.3, 0.4) is 0 Å². The largest absolute Gasteiger partial charge is 0.468 e. The van der Waals surface area contributed by atoms with Gasteiger partial charge in [-0.15, -0.1) is 0 Å². The Morgan fingerprint density at radius 3 is 1.95 bits per heavy atom. The average molecular weight is 330 g/mol. The Morgan fingerprint density at radius 1 is 1.09 bits per heavy atom. The van der Waals surface area contributed by atoms with Crippen molar-refractivity contribution < 1.29 is 32.2 Å². The van der Waals surface area contributed by atoms with Gasteiger partial charge in [-0.3, -0.25) is 14.6 Å². The number of carbonyl (C=O) groups is 1. The van der Waals surface area contributed by atoms with Crippen molar-refractivity contribution in [2.24, 2.45) is 0 Å². The SMILES string of the molecule is COC(=O)CN1CCC(F)(F)C1.OCCN1CCC(F)(F)C1. The molecule has 2 aliphatic rings. The number of rotatable bonds is 4. The molecule has 22 heavy (non-hydrogen) atoms. The molecule has 1 N–H and O–H groups in total. The number of methoxy groups -OCH3 is 1. The Hall–Kier alpha value is -0.930. The van der Waals surface area contributed by atoms with E-state index in [1.165, 1.54) is 12.0 Å². The molecule has 2 rings (SSSR count). The fraction of sp³-hybridized carbons (Fsp3) is 0.923. The number of nitrogens with zero attached hydrogens (tertiary/aromatic N) is 2. The summed E-state index contributed by atoms with van der Waals surface area (Å²) in [6.07, 6.45) is -0.225. The van der Waals surface area contributed by atoms with Crippen LogP contribution < -0.4 is 0 Å². The summed E-state index contributed by atoms with van der Waals surface area (Å²) >= 11 is 0. The molecule has 9 heteroatoms. The molecule has 0 amide bonds. The quantitative estimate of drug-likeness (QED) is 0.611. The van der Waals surface area contributed by atoms with Crippen LogP contribution in [0.2, 0.25) is 0 Å². The van der Waals surface area contributed by atoms with Crippen LogP contribution in [0.15, 0.2) is 0 Å². The van der Waals surface area contributed by atoms with E-state index < -0.39 is 17.8 Å². The third-order valence-electron chi connectivity index (χ3n) is 3.49. The van der Waals surface area contributed by atoms with Gasteiger partial charge in [0.05, 0.1) is 33.4 Å². The van der Waals surface area contributed by atoms with Crippen molar-refractivity contribution in [1.29, 1.82) is 0 Å². The zero-order valence-corrected chi connectivity index (χ0v) is 12.5. The second kappa shape index (κ2) is 8.07. The average Bonchev–Trinajstić information content (AvgIpc) is 2.93. The summed E-state index contributed by atoms with van der Waals surface area (Å²) in [6, 6.07) is 0. The Morgan fingerprint density at radius 2 is 1.59 bits per heavy atom.